The van der Waals surface area contributed by atoms with E-state index < -0.39 is 0 Å². The van der Waals surface area contributed by atoms with Gasteiger partial charge in [-0.1, -0.05) is 23.7 Å². The first-order valence-electron chi connectivity index (χ1n) is 5.37. The fourth-order valence-corrected chi connectivity index (χ4v) is 2.00. The highest BCUT2D eigenvalue weighted by Crippen LogP contribution is 2.23. The molecule has 0 amide bonds. The van der Waals surface area contributed by atoms with Crippen LogP contribution in [0.3, 0.4) is 0 Å². The summed E-state index contributed by atoms with van der Waals surface area (Å²) in [7, 11) is 0. The van der Waals surface area contributed by atoms with Crippen LogP contribution in [0.1, 0.15) is 11.1 Å². The molecule has 18 heavy (non-hydrogen) atoms. The molecule has 1 N–H and O–H groups in total. The third-order valence-electron chi connectivity index (χ3n) is 2.47. The van der Waals surface area contributed by atoms with Gasteiger partial charge in [-0.2, -0.15) is 5.26 Å². The molecule has 2 aromatic carbocycles. The van der Waals surface area contributed by atoms with Crippen LogP contribution in [0.2, 0.25) is 5.02 Å². The number of benzene rings is 2. The molecule has 0 bridgehead atoms. The summed E-state index contributed by atoms with van der Waals surface area (Å²) >= 11 is 9.38. The minimum atomic E-state index is 0.647. The number of hydrogen-bond donors (Lipinski definition) is 1. The number of nitriles is 1. The largest absolute Gasteiger partial charge is 0.381 e. The number of hydrogen-bond acceptors (Lipinski definition) is 2. The van der Waals surface area contributed by atoms with Crippen molar-refractivity contribution in [1.29, 1.82) is 5.26 Å². The van der Waals surface area contributed by atoms with Gasteiger partial charge in [-0.25, -0.2) is 0 Å². The fourth-order valence-electron chi connectivity index (χ4n) is 1.55. The van der Waals surface area contributed by atoms with Crippen LogP contribution >= 0.6 is 27.5 Å². The van der Waals surface area contributed by atoms with E-state index >= 15 is 0 Å². The standard InChI is InChI=1S/C14H10BrClN2/c15-13-5-4-11(7-14(13)16)9-18-12-3-1-2-10(6-12)8-17/h1-7,18H,9H2. The van der Waals surface area contributed by atoms with Gasteiger partial charge in [0.05, 0.1) is 16.7 Å². The number of nitrogens with one attached hydrogen (secondary N) is 1. The van der Waals surface area contributed by atoms with Crippen molar-refractivity contribution < 1.29 is 0 Å². The first kappa shape index (κ1) is 12.9. The van der Waals surface area contributed by atoms with E-state index in [-0.39, 0.29) is 0 Å². The molecule has 2 rings (SSSR count). The van der Waals surface area contributed by atoms with E-state index in [1.165, 1.54) is 0 Å². The minimum absolute atomic E-state index is 0.647. The number of anilines is 1. The molecule has 0 saturated carbocycles. The van der Waals surface area contributed by atoms with Crippen molar-refractivity contribution in [3.8, 4) is 6.07 Å². The van der Waals surface area contributed by atoms with Crippen LogP contribution in [0.5, 0.6) is 0 Å². The summed E-state index contributed by atoms with van der Waals surface area (Å²) < 4.78 is 0.888. The Hall–Kier alpha value is -1.50. The molecule has 0 saturated heterocycles. The number of halogens is 2. The molecule has 0 aliphatic heterocycles. The van der Waals surface area contributed by atoms with Crippen LogP contribution in [0, 0.1) is 11.3 Å². The highest BCUT2D eigenvalue weighted by atomic mass is 79.9. The van der Waals surface area contributed by atoms with E-state index in [1.807, 2.05) is 36.4 Å². The molecule has 0 radical (unpaired) electrons. The Bertz CT molecular complexity index is 605. The maximum atomic E-state index is 8.81. The molecule has 0 atom stereocenters. The van der Waals surface area contributed by atoms with Crippen molar-refractivity contribution in [2.45, 2.75) is 6.54 Å². The van der Waals surface area contributed by atoms with Gasteiger partial charge in [0.2, 0.25) is 0 Å². The number of nitrogens with zero attached hydrogens (tertiary/aromatic N) is 1. The maximum absolute atomic E-state index is 8.81. The molecule has 0 spiro atoms. The monoisotopic (exact) mass is 320 g/mol. The van der Waals surface area contributed by atoms with Gasteiger partial charge in [-0.05, 0) is 51.8 Å². The zero-order valence-corrected chi connectivity index (χ0v) is 11.8. The van der Waals surface area contributed by atoms with E-state index in [2.05, 4.69) is 27.3 Å². The molecule has 4 heteroatoms. The van der Waals surface area contributed by atoms with Crippen molar-refractivity contribution in [2.75, 3.05) is 5.32 Å². The Balaban J connectivity index is 2.07. The normalized spacial score (nSPS) is 9.83. The second-order valence-corrected chi connectivity index (χ2v) is 5.06. The second-order valence-electron chi connectivity index (χ2n) is 3.79. The average molecular weight is 322 g/mol. The Morgan fingerprint density at radius 2 is 2.06 bits per heavy atom. The molecule has 0 unspecified atom stereocenters. The predicted octanol–water partition coefficient (Wildman–Crippen LogP) is 4.59. The molecule has 0 aliphatic rings. The van der Waals surface area contributed by atoms with Crippen molar-refractivity contribution in [3.63, 3.8) is 0 Å². The van der Waals surface area contributed by atoms with Crippen molar-refractivity contribution >= 4 is 33.2 Å². The topological polar surface area (TPSA) is 35.8 Å². The van der Waals surface area contributed by atoms with Crippen molar-refractivity contribution in [3.05, 3.63) is 63.1 Å². The third kappa shape index (κ3) is 3.25. The van der Waals surface area contributed by atoms with Crippen LogP contribution in [0.4, 0.5) is 5.69 Å². The smallest absolute Gasteiger partial charge is 0.0992 e. The van der Waals surface area contributed by atoms with E-state index in [9.17, 15) is 0 Å². The lowest BCUT2D eigenvalue weighted by Gasteiger charge is -2.07. The molecule has 2 nitrogen and oxygen atoms in total. The average Bonchev–Trinajstić information content (AvgIpc) is 2.40. The lowest BCUT2D eigenvalue weighted by Crippen LogP contribution is -1.99. The first-order chi connectivity index (χ1) is 8.69. The van der Waals surface area contributed by atoms with Gasteiger partial charge < -0.3 is 5.32 Å². The summed E-state index contributed by atoms with van der Waals surface area (Å²) in [4.78, 5) is 0. The summed E-state index contributed by atoms with van der Waals surface area (Å²) in [6.45, 7) is 0.669. The van der Waals surface area contributed by atoms with Gasteiger partial charge >= 0.3 is 0 Å². The Morgan fingerprint density at radius 3 is 2.78 bits per heavy atom. The quantitative estimate of drug-likeness (QED) is 0.897. The molecular weight excluding hydrogens is 312 g/mol. The van der Waals surface area contributed by atoms with Crippen LogP contribution in [-0.2, 0) is 6.54 Å². The molecule has 0 heterocycles. The summed E-state index contributed by atoms with van der Waals surface area (Å²) in [5.74, 6) is 0. The lowest BCUT2D eigenvalue weighted by atomic mass is 10.2. The van der Waals surface area contributed by atoms with Crippen LogP contribution in [0.25, 0.3) is 0 Å². The van der Waals surface area contributed by atoms with E-state index in [4.69, 9.17) is 16.9 Å². The summed E-state index contributed by atoms with van der Waals surface area (Å²) in [6, 6.07) is 15.3. The van der Waals surface area contributed by atoms with E-state index in [0.29, 0.717) is 17.1 Å². The van der Waals surface area contributed by atoms with Crippen molar-refractivity contribution in [2.24, 2.45) is 0 Å². The summed E-state index contributed by atoms with van der Waals surface area (Å²) in [6.07, 6.45) is 0. The number of rotatable bonds is 3. The molecule has 0 aromatic heterocycles. The minimum Gasteiger partial charge on any atom is -0.381 e. The second kappa shape index (κ2) is 5.90. The lowest BCUT2D eigenvalue weighted by molar-refractivity contribution is 1.15. The van der Waals surface area contributed by atoms with Gasteiger partial charge in [-0.15, -0.1) is 0 Å². The Labute approximate surface area is 119 Å². The highest BCUT2D eigenvalue weighted by Gasteiger charge is 2.00. The maximum Gasteiger partial charge on any atom is 0.0992 e. The van der Waals surface area contributed by atoms with E-state index in [1.54, 1.807) is 6.07 Å². The van der Waals surface area contributed by atoms with Gasteiger partial charge in [0.1, 0.15) is 0 Å². The predicted molar refractivity (Wildman–Crippen MR) is 77.6 cm³/mol. The third-order valence-corrected chi connectivity index (χ3v) is 3.70. The fraction of sp³-hybridized carbons (Fsp3) is 0.0714. The molecular formula is C14H10BrClN2. The van der Waals surface area contributed by atoms with E-state index in [0.717, 1.165) is 15.7 Å². The Kier molecular flexibility index (Phi) is 4.24. The summed E-state index contributed by atoms with van der Waals surface area (Å²) in [5.41, 5.74) is 2.66. The molecule has 2 aromatic rings. The van der Waals surface area contributed by atoms with Crippen molar-refractivity contribution in [1.82, 2.24) is 0 Å². The van der Waals surface area contributed by atoms with Gasteiger partial charge in [0.15, 0.2) is 0 Å². The van der Waals surface area contributed by atoms with Gasteiger partial charge in [0, 0.05) is 16.7 Å². The Morgan fingerprint density at radius 1 is 1.22 bits per heavy atom. The van der Waals surface area contributed by atoms with Crippen LogP contribution < -0.4 is 5.32 Å². The first-order valence-corrected chi connectivity index (χ1v) is 6.54. The summed E-state index contributed by atoms with van der Waals surface area (Å²) in [5, 5.41) is 12.8. The van der Waals surface area contributed by atoms with Gasteiger partial charge in [0.25, 0.3) is 0 Å². The zero-order valence-electron chi connectivity index (χ0n) is 9.45. The highest BCUT2D eigenvalue weighted by molar-refractivity contribution is 9.10. The SMILES string of the molecule is N#Cc1cccc(NCc2ccc(Br)c(Cl)c2)c1. The van der Waals surface area contributed by atoms with Gasteiger partial charge in [-0.3, -0.25) is 0 Å². The van der Waals surface area contributed by atoms with Crippen LogP contribution in [0.15, 0.2) is 46.9 Å². The molecule has 90 valence electrons. The van der Waals surface area contributed by atoms with Crippen LogP contribution in [-0.4, -0.2) is 0 Å². The molecule has 0 fully saturated rings. The zero-order chi connectivity index (χ0) is 13.0. The molecule has 0 aliphatic carbocycles.